The van der Waals surface area contributed by atoms with Gasteiger partial charge in [-0.15, -0.1) is 5.10 Å². The number of aromatic nitrogens is 2. The minimum absolute atomic E-state index is 0.129. The average Bonchev–Trinajstić information content (AvgIpc) is 3.14. The van der Waals surface area contributed by atoms with E-state index in [4.69, 9.17) is 8.92 Å². The lowest BCUT2D eigenvalue weighted by molar-refractivity contribution is 0.155. The van der Waals surface area contributed by atoms with Gasteiger partial charge in [-0.05, 0) is 30.7 Å². The van der Waals surface area contributed by atoms with E-state index in [1.807, 2.05) is 30.3 Å². The van der Waals surface area contributed by atoms with Crippen molar-refractivity contribution in [3.05, 3.63) is 53.7 Å². The molecule has 0 aliphatic carbocycles. The van der Waals surface area contributed by atoms with Gasteiger partial charge in [0.25, 0.3) is 10.1 Å². The maximum Gasteiger partial charge on any atom is 0.413 e. The Labute approximate surface area is 157 Å². The summed E-state index contributed by atoms with van der Waals surface area (Å²) in [6.45, 7) is 1.38. The Hall–Kier alpha value is -2.56. The molecule has 1 aliphatic heterocycles. The van der Waals surface area contributed by atoms with Crippen LogP contribution in [0, 0.1) is 0 Å². The third kappa shape index (κ3) is 6.27. The summed E-state index contributed by atoms with van der Waals surface area (Å²) in [4.78, 5) is 11.8. The van der Waals surface area contributed by atoms with Crippen molar-refractivity contribution >= 4 is 22.0 Å². The molecule has 1 aromatic carbocycles. The number of ether oxygens (including phenoxy) is 1. The Balaban J connectivity index is 1.48. The third-order valence-electron chi connectivity index (χ3n) is 3.79. The fourth-order valence-corrected chi connectivity index (χ4v) is 3.66. The first-order valence-corrected chi connectivity index (χ1v) is 10.00. The molecule has 1 unspecified atom stereocenters. The van der Waals surface area contributed by atoms with Crippen LogP contribution in [-0.2, 0) is 31.4 Å². The first-order valence-electron chi connectivity index (χ1n) is 8.42. The van der Waals surface area contributed by atoms with Gasteiger partial charge in [0.05, 0.1) is 11.8 Å². The molecule has 9 nitrogen and oxygen atoms in total. The Morgan fingerprint density at radius 2 is 2.00 bits per heavy atom. The molecular weight excluding hydrogens is 372 g/mol. The van der Waals surface area contributed by atoms with Gasteiger partial charge >= 0.3 is 6.09 Å². The van der Waals surface area contributed by atoms with E-state index in [1.165, 1.54) is 12.1 Å². The number of hydrogen-bond donors (Lipinski definition) is 2. The molecule has 2 aromatic rings. The van der Waals surface area contributed by atoms with Gasteiger partial charge in [0.1, 0.15) is 12.4 Å². The molecule has 27 heavy (non-hydrogen) atoms. The molecular formula is C17H20N4O5S. The van der Waals surface area contributed by atoms with Gasteiger partial charge in [-0.25, -0.2) is 4.79 Å². The van der Waals surface area contributed by atoms with Crippen LogP contribution in [-0.4, -0.2) is 43.9 Å². The van der Waals surface area contributed by atoms with Crippen molar-refractivity contribution < 1.29 is 22.1 Å². The monoisotopic (exact) mass is 392 g/mol. The minimum atomic E-state index is -3.75. The second kappa shape index (κ2) is 8.89. The fraction of sp³-hybridized carbons (Fsp3) is 0.353. The molecule has 1 aliphatic rings. The van der Waals surface area contributed by atoms with E-state index in [-0.39, 0.29) is 30.0 Å². The summed E-state index contributed by atoms with van der Waals surface area (Å²) in [5.41, 5.74) is 1.08. The van der Waals surface area contributed by atoms with Crippen molar-refractivity contribution in [1.29, 1.82) is 0 Å². The van der Waals surface area contributed by atoms with E-state index < -0.39 is 16.2 Å². The zero-order chi connectivity index (χ0) is 19.1. The Morgan fingerprint density at radius 3 is 2.67 bits per heavy atom. The topological polar surface area (TPSA) is 120 Å². The van der Waals surface area contributed by atoms with Crippen LogP contribution < -0.4 is 10.6 Å². The summed E-state index contributed by atoms with van der Waals surface area (Å²) in [6, 6.07) is 12.2. The van der Waals surface area contributed by atoms with Crippen LogP contribution in [0.2, 0.25) is 0 Å². The fourth-order valence-electron chi connectivity index (χ4n) is 2.50. The summed E-state index contributed by atoms with van der Waals surface area (Å²) in [5, 5.41) is 13.1. The SMILES string of the molecule is O=C(Nc1ccc(CS(=O)(=O)OC2CCNC2)nn1)OCc1ccccc1. The first kappa shape index (κ1) is 19.2. The molecule has 1 atom stereocenters. The molecule has 3 rings (SSSR count). The smallest absolute Gasteiger partial charge is 0.413 e. The highest BCUT2D eigenvalue weighted by atomic mass is 32.2. The molecule has 144 valence electrons. The highest BCUT2D eigenvalue weighted by molar-refractivity contribution is 7.85. The van der Waals surface area contributed by atoms with Crippen molar-refractivity contribution in [2.75, 3.05) is 18.4 Å². The van der Waals surface area contributed by atoms with Crippen molar-refractivity contribution in [3.63, 3.8) is 0 Å². The Bertz CT molecular complexity index is 853. The predicted octanol–water partition coefficient (Wildman–Crippen LogP) is 1.43. The Morgan fingerprint density at radius 1 is 1.19 bits per heavy atom. The maximum absolute atomic E-state index is 12.0. The number of nitrogens with zero attached hydrogens (tertiary/aromatic N) is 2. The molecule has 0 radical (unpaired) electrons. The maximum atomic E-state index is 12.0. The number of carbonyl (C=O) groups is 1. The zero-order valence-corrected chi connectivity index (χ0v) is 15.3. The number of amides is 1. The highest BCUT2D eigenvalue weighted by Crippen LogP contribution is 2.13. The summed E-state index contributed by atoms with van der Waals surface area (Å²) in [7, 11) is -3.75. The molecule has 2 N–H and O–H groups in total. The molecule has 1 aromatic heterocycles. The zero-order valence-electron chi connectivity index (χ0n) is 14.5. The lowest BCUT2D eigenvalue weighted by Gasteiger charge is -2.10. The summed E-state index contributed by atoms with van der Waals surface area (Å²) >= 11 is 0. The van der Waals surface area contributed by atoms with Crippen LogP contribution in [0.25, 0.3) is 0 Å². The van der Waals surface area contributed by atoms with Crippen molar-refractivity contribution in [2.24, 2.45) is 0 Å². The van der Waals surface area contributed by atoms with Crippen LogP contribution in [0.15, 0.2) is 42.5 Å². The van der Waals surface area contributed by atoms with Crippen LogP contribution in [0.3, 0.4) is 0 Å². The number of nitrogens with one attached hydrogen (secondary N) is 2. The summed E-state index contributed by atoms with van der Waals surface area (Å²) in [5.74, 6) is -0.218. The van der Waals surface area contributed by atoms with E-state index in [2.05, 4.69) is 20.8 Å². The third-order valence-corrected chi connectivity index (χ3v) is 5.00. The van der Waals surface area contributed by atoms with Crippen LogP contribution in [0.1, 0.15) is 17.7 Å². The molecule has 2 heterocycles. The molecule has 10 heteroatoms. The van der Waals surface area contributed by atoms with E-state index in [9.17, 15) is 13.2 Å². The summed E-state index contributed by atoms with van der Waals surface area (Å²) in [6.07, 6.45) is -0.368. The van der Waals surface area contributed by atoms with Gasteiger partial charge in [0, 0.05) is 6.54 Å². The number of rotatable bonds is 7. The average molecular weight is 392 g/mol. The van der Waals surface area contributed by atoms with Gasteiger partial charge in [0.15, 0.2) is 5.82 Å². The van der Waals surface area contributed by atoms with Gasteiger partial charge in [-0.1, -0.05) is 30.3 Å². The lowest BCUT2D eigenvalue weighted by Crippen LogP contribution is -2.22. The number of carbonyl (C=O) groups excluding carboxylic acids is 1. The van der Waals surface area contributed by atoms with Crippen molar-refractivity contribution in [3.8, 4) is 0 Å². The molecule has 0 spiro atoms. The van der Waals surface area contributed by atoms with E-state index >= 15 is 0 Å². The molecule has 1 saturated heterocycles. The normalized spacial score (nSPS) is 16.8. The second-order valence-corrected chi connectivity index (χ2v) is 7.61. The first-order chi connectivity index (χ1) is 13.0. The molecule has 0 bridgehead atoms. The highest BCUT2D eigenvalue weighted by Gasteiger charge is 2.23. The van der Waals surface area contributed by atoms with Crippen LogP contribution >= 0.6 is 0 Å². The minimum Gasteiger partial charge on any atom is -0.444 e. The molecule has 1 amide bonds. The number of benzene rings is 1. The molecule has 1 fully saturated rings. The molecule has 0 saturated carbocycles. The van der Waals surface area contributed by atoms with E-state index in [0.717, 1.165) is 12.1 Å². The van der Waals surface area contributed by atoms with Crippen molar-refractivity contribution in [2.45, 2.75) is 24.9 Å². The lowest BCUT2D eigenvalue weighted by atomic mass is 10.2. The largest absolute Gasteiger partial charge is 0.444 e. The number of anilines is 1. The van der Waals surface area contributed by atoms with Crippen LogP contribution in [0.4, 0.5) is 10.6 Å². The summed E-state index contributed by atoms with van der Waals surface area (Å²) < 4.78 is 34.3. The quantitative estimate of drug-likeness (QED) is 0.679. The van der Waals surface area contributed by atoms with Crippen LogP contribution in [0.5, 0.6) is 0 Å². The standard InChI is InChI=1S/C17H20N4O5S/c22-17(25-11-13-4-2-1-3-5-13)19-16-7-6-14(20-21-16)12-27(23,24)26-15-8-9-18-10-15/h1-7,15,18H,8-12H2,(H,19,21,22). The van der Waals surface area contributed by atoms with Gasteiger partial charge < -0.3 is 10.1 Å². The number of hydrogen-bond acceptors (Lipinski definition) is 8. The van der Waals surface area contributed by atoms with Gasteiger partial charge in [-0.3, -0.25) is 9.50 Å². The predicted molar refractivity (Wildman–Crippen MR) is 97.3 cm³/mol. The second-order valence-electron chi connectivity index (χ2n) is 6.01. The van der Waals surface area contributed by atoms with E-state index in [1.54, 1.807) is 0 Å². The van der Waals surface area contributed by atoms with E-state index in [0.29, 0.717) is 13.0 Å². The van der Waals surface area contributed by atoms with Gasteiger partial charge in [0.2, 0.25) is 0 Å². The van der Waals surface area contributed by atoms with Gasteiger partial charge in [-0.2, -0.15) is 13.5 Å². The van der Waals surface area contributed by atoms with Crippen molar-refractivity contribution in [1.82, 2.24) is 15.5 Å². The Kier molecular flexibility index (Phi) is 6.32.